The van der Waals surface area contributed by atoms with Crippen LogP contribution in [0.4, 0.5) is 5.13 Å². The topological polar surface area (TPSA) is 108 Å². The van der Waals surface area contributed by atoms with E-state index in [1.165, 1.54) is 38.2 Å². The molecule has 9 nitrogen and oxygen atoms in total. The second-order valence-corrected chi connectivity index (χ2v) is 7.50. The molecule has 10 heteroatoms. The maximum atomic E-state index is 12.9. The number of hydrogen-bond donors (Lipinski definition) is 1. The Balaban J connectivity index is 1.57. The second-order valence-electron chi connectivity index (χ2n) is 6.49. The van der Waals surface area contributed by atoms with Crippen molar-refractivity contribution in [1.29, 1.82) is 0 Å². The van der Waals surface area contributed by atoms with Crippen LogP contribution in [-0.4, -0.2) is 40.1 Å². The highest BCUT2D eigenvalue weighted by Gasteiger charge is 2.24. The molecule has 28 heavy (non-hydrogen) atoms. The van der Waals surface area contributed by atoms with Crippen LogP contribution in [0.1, 0.15) is 30.2 Å². The normalized spacial score (nSPS) is 13.9. The maximum Gasteiger partial charge on any atom is 0.279 e. The van der Waals surface area contributed by atoms with Crippen molar-refractivity contribution >= 4 is 33.1 Å². The minimum absolute atomic E-state index is 0.243. The van der Waals surface area contributed by atoms with Crippen molar-refractivity contribution in [3.8, 4) is 11.5 Å². The highest BCUT2D eigenvalue weighted by molar-refractivity contribution is 7.15. The van der Waals surface area contributed by atoms with Crippen molar-refractivity contribution in [3.63, 3.8) is 0 Å². The number of amides is 1. The van der Waals surface area contributed by atoms with Gasteiger partial charge in [0.15, 0.2) is 11.5 Å². The first-order chi connectivity index (χ1) is 13.6. The minimum atomic E-state index is -0.434. The van der Waals surface area contributed by atoms with Crippen molar-refractivity contribution in [3.05, 3.63) is 33.7 Å². The van der Waals surface area contributed by atoms with E-state index in [1.54, 1.807) is 12.1 Å². The quantitative estimate of drug-likeness (QED) is 0.674. The predicted molar refractivity (Wildman–Crippen MR) is 104 cm³/mol. The molecule has 1 N–H and O–H groups in total. The lowest BCUT2D eigenvalue weighted by Gasteiger charge is -2.21. The van der Waals surface area contributed by atoms with Gasteiger partial charge in [-0.3, -0.25) is 14.9 Å². The van der Waals surface area contributed by atoms with Gasteiger partial charge < -0.3 is 9.47 Å². The number of hydrogen-bond acceptors (Lipinski definition) is 8. The molecule has 0 aliphatic heterocycles. The van der Waals surface area contributed by atoms with Gasteiger partial charge in [0.25, 0.3) is 5.56 Å². The van der Waals surface area contributed by atoms with E-state index in [1.807, 2.05) is 0 Å². The molecule has 1 saturated carbocycles. The third-order valence-corrected chi connectivity index (χ3v) is 5.80. The van der Waals surface area contributed by atoms with Crippen LogP contribution in [0.25, 0.3) is 10.8 Å². The number of anilines is 1. The molecule has 0 radical (unpaired) electrons. The molecule has 2 heterocycles. The van der Waals surface area contributed by atoms with Crippen molar-refractivity contribution in [2.24, 2.45) is 0 Å². The van der Waals surface area contributed by atoms with Crippen LogP contribution in [0.3, 0.4) is 0 Å². The number of nitrogens with one attached hydrogen (secondary N) is 1. The number of methoxy groups -OCH3 is 2. The first-order valence-electron chi connectivity index (χ1n) is 8.84. The van der Waals surface area contributed by atoms with Crippen LogP contribution in [0.5, 0.6) is 11.5 Å². The Labute approximate surface area is 164 Å². The van der Waals surface area contributed by atoms with E-state index in [4.69, 9.17) is 9.47 Å². The third-order valence-electron chi connectivity index (χ3n) is 4.80. The summed E-state index contributed by atoms with van der Waals surface area (Å²) in [5.41, 5.74) is -0.434. The molecule has 0 unspecified atom stereocenters. The Morgan fingerprint density at radius 2 is 2.11 bits per heavy atom. The summed E-state index contributed by atoms with van der Waals surface area (Å²) in [6, 6.07) is 3.42. The molecule has 0 bridgehead atoms. The van der Waals surface area contributed by atoms with Crippen LogP contribution in [0.15, 0.2) is 23.1 Å². The highest BCUT2D eigenvalue weighted by Crippen LogP contribution is 2.38. The monoisotopic (exact) mass is 401 g/mol. The number of fused-ring (bicyclic) bond motifs is 1. The van der Waals surface area contributed by atoms with E-state index < -0.39 is 11.5 Å². The van der Waals surface area contributed by atoms with Crippen LogP contribution in [-0.2, 0) is 11.3 Å². The molecule has 1 fully saturated rings. The van der Waals surface area contributed by atoms with Crippen LogP contribution in [0, 0.1) is 0 Å². The molecular weight excluding hydrogens is 382 g/mol. The van der Waals surface area contributed by atoms with Crippen LogP contribution >= 0.6 is 11.3 Å². The second kappa shape index (κ2) is 7.55. The molecule has 1 amide bonds. The zero-order valence-electron chi connectivity index (χ0n) is 15.5. The maximum absolute atomic E-state index is 12.9. The summed E-state index contributed by atoms with van der Waals surface area (Å²) in [6.07, 6.45) is 4.96. The summed E-state index contributed by atoms with van der Waals surface area (Å²) in [5, 5.41) is 17.2. The number of carbonyl (C=O) groups is 1. The molecular formula is C18H19N5O4S. The van der Waals surface area contributed by atoms with E-state index >= 15 is 0 Å². The first kappa shape index (κ1) is 18.4. The summed E-state index contributed by atoms with van der Waals surface area (Å²) in [5.74, 6) is 0.810. The Morgan fingerprint density at radius 1 is 1.29 bits per heavy atom. The zero-order valence-corrected chi connectivity index (χ0v) is 16.3. The molecule has 1 aliphatic carbocycles. The van der Waals surface area contributed by atoms with E-state index in [-0.39, 0.29) is 6.54 Å². The van der Waals surface area contributed by atoms with Gasteiger partial charge in [0, 0.05) is 11.3 Å². The lowest BCUT2D eigenvalue weighted by Crippen LogP contribution is -2.29. The summed E-state index contributed by atoms with van der Waals surface area (Å²) in [7, 11) is 2.96. The summed E-state index contributed by atoms with van der Waals surface area (Å²) in [4.78, 5) is 25.2. The number of ether oxygens (including phenoxy) is 2. The van der Waals surface area contributed by atoms with Gasteiger partial charge in [-0.05, 0) is 25.0 Å². The summed E-state index contributed by atoms with van der Waals surface area (Å²) >= 11 is 1.37. The first-order valence-corrected chi connectivity index (χ1v) is 9.66. The van der Waals surface area contributed by atoms with Gasteiger partial charge >= 0.3 is 0 Å². The average molecular weight is 401 g/mol. The Hall–Kier alpha value is -3.01. The molecule has 0 spiro atoms. The Kier molecular flexibility index (Phi) is 4.95. The van der Waals surface area contributed by atoms with Gasteiger partial charge in [-0.15, -0.1) is 10.2 Å². The number of carbonyl (C=O) groups excluding carboxylic acids is 1. The van der Waals surface area contributed by atoms with Gasteiger partial charge in [0.2, 0.25) is 11.0 Å². The number of aromatic nitrogens is 4. The van der Waals surface area contributed by atoms with Gasteiger partial charge in [-0.25, -0.2) is 4.68 Å². The molecule has 0 saturated heterocycles. The fourth-order valence-electron chi connectivity index (χ4n) is 3.10. The third kappa shape index (κ3) is 3.31. The van der Waals surface area contributed by atoms with Crippen LogP contribution < -0.4 is 20.3 Å². The molecule has 146 valence electrons. The summed E-state index contributed by atoms with van der Waals surface area (Å²) < 4.78 is 11.7. The van der Waals surface area contributed by atoms with Crippen molar-refractivity contribution in [2.45, 2.75) is 31.7 Å². The lowest BCUT2D eigenvalue weighted by atomic mass is 9.86. The van der Waals surface area contributed by atoms with Crippen molar-refractivity contribution in [1.82, 2.24) is 20.0 Å². The molecule has 1 aliphatic rings. The molecule has 1 aromatic carbocycles. The molecule has 3 aromatic rings. The Morgan fingerprint density at radius 3 is 2.79 bits per heavy atom. The van der Waals surface area contributed by atoms with E-state index in [2.05, 4.69) is 20.6 Å². The standard InChI is InChI=1S/C18H19N5O4S/c1-26-12-7-6-11-8-19-23(17(25)14(11)15(12)27-2)9-13(24)20-18-22-21-16(28-18)10-4-3-5-10/h6-8,10H,3-5,9H2,1-2H3,(H,20,22,24). The largest absolute Gasteiger partial charge is 0.493 e. The van der Waals surface area contributed by atoms with E-state index in [9.17, 15) is 9.59 Å². The van der Waals surface area contributed by atoms with Crippen LogP contribution in [0.2, 0.25) is 0 Å². The van der Waals surface area contributed by atoms with Gasteiger partial charge in [0.05, 0.1) is 25.8 Å². The van der Waals surface area contributed by atoms with Crippen molar-refractivity contribution in [2.75, 3.05) is 19.5 Å². The SMILES string of the molecule is COc1ccc2cnn(CC(=O)Nc3nnc(C4CCC4)s3)c(=O)c2c1OC. The van der Waals surface area contributed by atoms with Gasteiger partial charge in [0.1, 0.15) is 11.6 Å². The average Bonchev–Trinajstić information content (AvgIpc) is 3.09. The fraction of sp³-hybridized carbons (Fsp3) is 0.389. The molecule has 4 rings (SSSR count). The van der Waals surface area contributed by atoms with Gasteiger partial charge in [-0.2, -0.15) is 5.10 Å². The Bertz CT molecular complexity index is 1090. The zero-order chi connectivity index (χ0) is 19.7. The van der Waals surface area contributed by atoms with Crippen molar-refractivity contribution < 1.29 is 14.3 Å². The summed E-state index contributed by atoms with van der Waals surface area (Å²) in [6.45, 7) is -0.243. The van der Waals surface area contributed by atoms with E-state index in [0.717, 1.165) is 22.5 Å². The number of nitrogens with zero attached hydrogens (tertiary/aromatic N) is 4. The predicted octanol–water partition coefficient (Wildman–Crippen LogP) is 2.17. The fourth-order valence-corrected chi connectivity index (χ4v) is 4.03. The highest BCUT2D eigenvalue weighted by atomic mass is 32.1. The smallest absolute Gasteiger partial charge is 0.279 e. The van der Waals surface area contributed by atoms with E-state index in [0.29, 0.717) is 33.3 Å². The lowest BCUT2D eigenvalue weighted by molar-refractivity contribution is -0.117. The number of benzene rings is 1. The number of rotatable bonds is 6. The minimum Gasteiger partial charge on any atom is -0.493 e. The molecule has 0 atom stereocenters. The molecule has 2 aromatic heterocycles. The van der Waals surface area contributed by atoms with Gasteiger partial charge in [-0.1, -0.05) is 17.8 Å².